The summed E-state index contributed by atoms with van der Waals surface area (Å²) in [4.78, 5) is 29.5. The molecule has 0 aliphatic carbocycles. The van der Waals surface area contributed by atoms with Crippen LogP contribution in [0.15, 0.2) is 89.9 Å². The maximum atomic E-state index is 12.8. The second-order valence-electron chi connectivity index (χ2n) is 14.1. The SMILES string of the molecule is CCNC(=O)CC1N=C(c2ccc(Cl)cc2)c2cc(OCCOCCOc3ccc(-n4c(C)nnc4CCC(N)=O)c(C(=N)c4ccc(Cl)cc4)c3)ccc2-n2c(C)nnc21. The van der Waals surface area contributed by atoms with Gasteiger partial charge in [-0.1, -0.05) is 47.5 Å². The Kier molecular flexibility index (Phi) is 13.5. The fraction of sp³-hybridized carbons (Fsp3) is 0.273. The van der Waals surface area contributed by atoms with Crippen molar-refractivity contribution in [1.82, 2.24) is 34.8 Å². The molecule has 15 nitrogen and oxygen atoms in total. The third kappa shape index (κ3) is 9.97. The number of carbonyl (C=O) groups is 2. The number of primary amides is 1. The highest BCUT2D eigenvalue weighted by Crippen LogP contribution is 2.35. The van der Waals surface area contributed by atoms with E-state index in [2.05, 4.69) is 25.7 Å². The first-order chi connectivity index (χ1) is 29.5. The first kappa shape index (κ1) is 42.7. The van der Waals surface area contributed by atoms with Gasteiger partial charge in [0.15, 0.2) is 5.82 Å². The van der Waals surface area contributed by atoms with E-state index >= 15 is 0 Å². The van der Waals surface area contributed by atoms with Crippen molar-refractivity contribution in [3.05, 3.63) is 141 Å². The van der Waals surface area contributed by atoms with Crippen molar-refractivity contribution >= 4 is 46.4 Å². The Hall–Kier alpha value is -6.42. The Morgan fingerprint density at radius 3 is 2.08 bits per heavy atom. The van der Waals surface area contributed by atoms with Crippen molar-refractivity contribution in [2.75, 3.05) is 33.0 Å². The molecule has 3 heterocycles. The zero-order valence-electron chi connectivity index (χ0n) is 33.8. The fourth-order valence-corrected chi connectivity index (χ4v) is 7.26. The number of amides is 2. The molecule has 17 heteroatoms. The quantitative estimate of drug-likeness (QED) is 0.0638. The molecule has 6 aromatic rings. The minimum Gasteiger partial charge on any atom is -0.491 e. The van der Waals surface area contributed by atoms with Crippen LogP contribution in [0.2, 0.25) is 10.0 Å². The molecule has 1 unspecified atom stereocenters. The normalized spacial score (nSPS) is 13.1. The maximum Gasteiger partial charge on any atom is 0.222 e. The maximum absolute atomic E-state index is 12.8. The smallest absolute Gasteiger partial charge is 0.222 e. The topological polar surface area (TPSA) is 198 Å². The number of benzene rings is 4. The molecule has 1 aliphatic heterocycles. The van der Waals surface area contributed by atoms with Crippen LogP contribution in [0, 0.1) is 19.3 Å². The summed E-state index contributed by atoms with van der Waals surface area (Å²) in [5.74, 6) is 2.93. The summed E-state index contributed by atoms with van der Waals surface area (Å²) in [5, 5.41) is 30.5. The average Bonchev–Trinajstić information content (AvgIpc) is 3.78. The highest BCUT2D eigenvalue weighted by Gasteiger charge is 2.30. The van der Waals surface area contributed by atoms with Gasteiger partial charge < -0.3 is 25.3 Å². The molecule has 1 aliphatic rings. The zero-order chi connectivity index (χ0) is 43.0. The zero-order valence-corrected chi connectivity index (χ0v) is 35.3. The molecule has 4 aromatic carbocycles. The number of nitrogens with two attached hydrogens (primary N) is 1. The fourth-order valence-electron chi connectivity index (χ4n) is 7.01. The molecular weight excluding hydrogens is 819 g/mol. The second-order valence-corrected chi connectivity index (χ2v) is 15.0. The number of ether oxygens (including phenoxy) is 3. The molecule has 0 spiro atoms. The van der Waals surface area contributed by atoms with Crippen LogP contribution >= 0.6 is 23.2 Å². The molecule has 0 saturated heterocycles. The molecule has 0 bridgehead atoms. The number of nitrogens with one attached hydrogen (secondary N) is 2. The number of fused-ring (bicyclic) bond motifs is 3. The number of aryl methyl sites for hydroxylation is 3. The van der Waals surface area contributed by atoms with Gasteiger partial charge in [-0.3, -0.25) is 29.1 Å². The van der Waals surface area contributed by atoms with E-state index in [1.54, 1.807) is 48.5 Å². The van der Waals surface area contributed by atoms with Gasteiger partial charge in [-0.05, 0) is 81.4 Å². The summed E-state index contributed by atoms with van der Waals surface area (Å²) < 4.78 is 21.9. The Morgan fingerprint density at radius 2 is 1.41 bits per heavy atom. The number of nitrogens with zero attached hydrogens (tertiary/aromatic N) is 7. The molecule has 0 fully saturated rings. The van der Waals surface area contributed by atoms with Crippen molar-refractivity contribution in [2.24, 2.45) is 10.7 Å². The molecule has 2 amide bonds. The lowest BCUT2D eigenvalue weighted by molar-refractivity contribution is -0.121. The van der Waals surface area contributed by atoms with Crippen molar-refractivity contribution < 1.29 is 23.8 Å². The molecule has 1 atom stereocenters. The van der Waals surface area contributed by atoms with Crippen LogP contribution in [-0.4, -0.2) is 85.7 Å². The second kappa shape index (κ2) is 19.3. The van der Waals surface area contributed by atoms with Crippen LogP contribution in [0.5, 0.6) is 11.5 Å². The molecule has 4 N–H and O–H groups in total. The van der Waals surface area contributed by atoms with Gasteiger partial charge in [0.2, 0.25) is 11.8 Å². The van der Waals surface area contributed by atoms with Gasteiger partial charge in [-0.2, -0.15) is 0 Å². The van der Waals surface area contributed by atoms with Gasteiger partial charge >= 0.3 is 0 Å². The lowest BCUT2D eigenvalue weighted by Crippen LogP contribution is -2.25. The Labute approximate surface area is 362 Å². The summed E-state index contributed by atoms with van der Waals surface area (Å²) in [5.41, 5.74) is 10.6. The predicted octanol–water partition coefficient (Wildman–Crippen LogP) is 6.50. The number of aliphatic imine (C=N–C) groups is 1. The number of rotatable bonds is 18. The molecule has 7 rings (SSSR count). The van der Waals surface area contributed by atoms with Crippen LogP contribution in [0.25, 0.3) is 11.4 Å². The molecule has 314 valence electrons. The number of hydrogen-bond donors (Lipinski definition) is 3. The third-order valence-electron chi connectivity index (χ3n) is 9.86. The molecular formula is C44H44Cl2N10O5. The van der Waals surface area contributed by atoms with Crippen molar-refractivity contribution in [3.8, 4) is 22.9 Å². The number of halogens is 2. The van der Waals surface area contributed by atoms with Gasteiger partial charge in [0, 0.05) is 51.7 Å². The number of carbonyl (C=O) groups excluding carboxylic acids is 2. The van der Waals surface area contributed by atoms with Crippen molar-refractivity contribution in [1.29, 1.82) is 5.41 Å². The largest absolute Gasteiger partial charge is 0.491 e. The summed E-state index contributed by atoms with van der Waals surface area (Å²) in [7, 11) is 0. The third-order valence-corrected chi connectivity index (χ3v) is 10.4. The van der Waals surface area contributed by atoms with Crippen LogP contribution in [0.4, 0.5) is 0 Å². The minimum absolute atomic E-state index is 0.102. The molecule has 0 radical (unpaired) electrons. The monoisotopic (exact) mass is 862 g/mol. The Bertz CT molecular complexity index is 2590. The molecule has 61 heavy (non-hydrogen) atoms. The summed E-state index contributed by atoms with van der Waals surface area (Å²) in [6, 6.07) is 25.0. The van der Waals surface area contributed by atoms with Gasteiger partial charge in [0.1, 0.15) is 48.2 Å². The van der Waals surface area contributed by atoms with E-state index in [4.69, 9.17) is 53.5 Å². The van der Waals surface area contributed by atoms with E-state index in [1.807, 2.05) is 66.3 Å². The predicted molar refractivity (Wildman–Crippen MR) is 232 cm³/mol. The number of hydrogen-bond acceptors (Lipinski definition) is 11. The standard InChI is InChI=1S/C44H44Cl2N10O5/c1-4-49-41(58)25-36-44-54-52-27(3)56(44)38-16-14-33(24-35(38)43(50-36)29-7-11-31(46)12-8-29)61-22-20-59-19-21-60-32-13-15-37(55-26(2)51-53-40(55)18-17-39(47)57)34(23-32)42(48)28-5-9-30(45)10-6-28/h5-16,23-24,36,48H,4,17-22,25H2,1-3H3,(H2,47,57)(H,49,58). The van der Waals surface area contributed by atoms with Crippen LogP contribution in [0.1, 0.15) is 71.4 Å². The van der Waals surface area contributed by atoms with E-state index in [0.29, 0.717) is 80.3 Å². The first-order valence-electron chi connectivity index (χ1n) is 19.7. The Balaban J connectivity index is 1.03. The van der Waals surface area contributed by atoms with Gasteiger partial charge in [-0.15, -0.1) is 20.4 Å². The van der Waals surface area contributed by atoms with Crippen LogP contribution in [0.3, 0.4) is 0 Å². The Morgan fingerprint density at radius 1 is 0.787 bits per heavy atom. The average molecular weight is 864 g/mol. The van der Waals surface area contributed by atoms with Gasteiger partial charge in [0.25, 0.3) is 0 Å². The molecule has 0 saturated carbocycles. The highest BCUT2D eigenvalue weighted by molar-refractivity contribution is 6.31. The van der Waals surface area contributed by atoms with E-state index < -0.39 is 11.9 Å². The lowest BCUT2D eigenvalue weighted by Gasteiger charge is -2.17. The summed E-state index contributed by atoms with van der Waals surface area (Å²) in [6.45, 7) is 7.12. The van der Waals surface area contributed by atoms with Gasteiger partial charge in [-0.25, -0.2) is 0 Å². The van der Waals surface area contributed by atoms with E-state index in [1.165, 1.54) is 0 Å². The van der Waals surface area contributed by atoms with Crippen molar-refractivity contribution in [3.63, 3.8) is 0 Å². The van der Waals surface area contributed by atoms with Crippen LogP contribution < -0.4 is 20.5 Å². The van der Waals surface area contributed by atoms with Crippen molar-refractivity contribution in [2.45, 2.75) is 46.1 Å². The van der Waals surface area contributed by atoms with Crippen LogP contribution in [-0.2, 0) is 20.7 Å². The minimum atomic E-state index is -0.587. The highest BCUT2D eigenvalue weighted by atomic mass is 35.5. The van der Waals surface area contributed by atoms with Gasteiger partial charge in [0.05, 0.1) is 42.4 Å². The first-order valence-corrected chi connectivity index (χ1v) is 20.4. The van der Waals surface area contributed by atoms with E-state index in [9.17, 15) is 9.59 Å². The summed E-state index contributed by atoms with van der Waals surface area (Å²) >= 11 is 12.4. The van der Waals surface area contributed by atoms with E-state index in [-0.39, 0.29) is 50.9 Å². The summed E-state index contributed by atoms with van der Waals surface area (Å²) in [6.07, 6.45) is 0.498. The molecule has 2 aromatic heterocycles. The number of aromatic nitrogens is 6. The van der Waals surface area contributed by atoms with E-state index in [0.717, 1.165) is 16.8 Å². The lowest BCUT2D eigenvalue weighted by atomic mass is 10.00.